The van der Waals surface area contributed by atoms with E-state index in [1.807, 2.05) is 46.8 Å². The monoisotopic (exact) mass is 562 g/mol. The van der Waals surface area contributed by atoms with Crippen LogP contribution in [-0.4, -0.2) is 33.9 Å². The van der Waals surface area contributed by atoms with Crippen LogP contribution < -0.4 is 0 Å². The number of carbonyl (C=O) groups is 3. The third-order valence-electron chi connectivity index (χ3n) is 8.53. The number of carbonyl (C=O) groups excluding carboxylic acids is 2. The van der Waals surface area contributed by atoms with Crippen LogP contribution in [0.15, 0.2) is 75.8 Å². The van der Waals surface area contributed by atoms with Gasteiger partial charge in [0.25, 0.3) is 0 Å². The fourth-order valence-electron chi connectivity index (χ4n) is 5.79. The number of aliphatic hydroxyl groups is 1. The van der Waals surface area contributed by atoms with Crippen LogP contribution in [0.5, 0.6) is 0 Å². The van der Waals surface area contributed by atoms with Gasteiger partial charge in [0, 0.05) is 11.5 Å². The minimum atomic E-state index is -1.30. The number of ketones is 2. The van der Waals surface area contributed by atoms with Crippen LogP contribution >= 0.6 is 0 Å². The average Bonchev–Trinajstić information content (AvgIpc) is 2.90. The molecule has 41 heavy (non-hydrogen) atoms. The van der Waals surface area contributed by atoms with E-state index in [1.165, 1.54) is 0 Å². The van der Waals surface area contributed by atoms with Gasteiger partial charge in [-0.25, -0.2) is 0 Å². The first-order chi connectivity index (χ1) is 19.2. The topological polar surface area (TPSA) is 101 Å². The van der Waals surface area contributed by atoms with Crippen molar-refractivity contribution in [1.82, 2.24) is 0 Å². The Kier molecular flexibility index (Phi) is 10.2. The predicted octanol–water partition coefficient (Wildman–Crippen LogP) is 8.02. The summed E-state index contributed by atoms with van der Waals surface area (Å²) in [4.78, 5) is 41.0. The van der Waals surface area contributed by atoms with Gasteiger partial charge in [0.15, 0.2) is 11.6 Å². The first-order valence-electron chi connectivity index (χ1n) is 14.7. The summed E-state index contributed by atoms with van der Waals surface area (Å²) in [7, 11) is 0. The Morgan fingerprint density at radius 1 is 1.07 bits per heavy atom. The second-order valence-corrected chi connectivity index (χ2v) is 12.6. The van der Waals surface area contributed by atoms with E-state index in [-0.39, 0.29) is 34.9 Å². The number of aliphatic carboxylic acids is 1. The molecule has 2 N–H and O–H groups in total. The van der Waals surface area contributed by atoms with Gasteiger partial charge in [0.1, 0.15) is 17.6 Å². The molecule has 1 heterocycles. The number of carboxylic acids is 1. The Labute approximate surface area is 244 Å². The number of carboxylic acid groups (broad SMARTS) is 1. The van der Waals surface area contributed by atoms with Gasteiger partial charge >= 0.3 is 5.97 Å². The highest BCUT2D eigenvalue weighted by Crippen LogP contribution is 2.54. The lowest BCUT2D eigenvalue weighted by Gasteiger charge is -2.45. The molecule has 222 valence electrons. The van der Waals surface area contributed by atoms with Crippen molar-refractivity contribution in [3.8, 4) is 0 Å². The number of benzene rings is 1. The van der Waals surface area contributed by atoms with Gasteiger partial charge in [-0.15, -0.1) is 0 Å². The summed E-state index contributed by atoms with van der Waals surface area (Å²) in [6.45, 7) is 15.9. The van der Waals surface area contributed by atoms with Gasteiger partial charge in [0.2, 0.25) is 0 Å². The molecule has 3 rings (SSSR count). The number of allylic oxidation sites excluding steroid dienone is 7. The zero-order valence-electron chi connectivity index (χ0n) is 25.8. The van der Waals surface area contributed by atoms with Gasteiger partial charge in [0.05, 0.1) is 23.3 Å². The Morgan fingerprint density at radius 3 is 2.24 bits per heavy atom. The minimum Gasteiger partial charge on any atom is -0.507 e. The maximum atomic E-state index is 15.0. The molecule has 1 aromatic rings. The minimum absolute atomic E-state index is 0.0184. The Morgan fingerprint density at radius 2 is 1.71 bits per heavy atom. The Balaban J connectivity index is 2.41. The van der Waals surface area contributed by atoms with Crippen LogP contribution in [-0.2, 0) is 19.1 Å². The molecule has 1 aliphatic heterocycles. The normalized spacial score (nSPS) is 23.2. The largest absolute Gasteiger partial charge is 0.507 e. The second-order valence-electron chi connectivity index (χ2n) is 12.6. The van der Waals surface area contributed by atoms with E-state index in [1.54, 1.807) is 31.2 Å². The van der Waals surface area contributed by atoms with E-state index in [9.17, 15) is 19.8 Å². The van der Waals surface area contributed by atoms with E-state index < -0.39 is 41.5 Å². The van der Waals surface area contributed by atoms with Crippen LogP contribution in [0.3, 0.4) is 0 Å². The molecule has 0 amide bonds. The van der Waals surface area contributed by atoms with Crippen molar-refractivity contribution in [2.45, 2.75) is 99.5 Å². The molecular weight excluding hydrogens is 516 g/mol. The summed E-state index contributed by atoms with van der Waals surface area (Å²) in [5.41, 5.74) is 2.52. The van der Waals surface area contributed by atoms with Gasteiger partial charge in [-0.1, -0.05) is 73.9 Å². The second kappa shape index (κ2) is 13.1. The van der Waals surface area contributed by atoms with Crippen molar-refractivity contribution in [2.75, 3.05) is 0 Å². The predicted molar refractivity (Wildman–Crippen MR) is 161 cm³/mol. The molecule has 1 aliphatic carbocycles. The number of hydrogen-bond acceptors (Lipinski definition) is 5. The first-order valence-corrected chi connectivity index (χ1v) is 14.7. The van der Waals surface area contributed by atoms with Gasteiger partial charge in [-0.2, -0.15) is 0 Å². The maximum Gasteiger partial charge on any atom is 0.304 e. The molecule has 0 bridgehead atoms. The third kappa shape index (κ3) is 6.74. The lowest BCUT2D eigenvalue weighted by molar-refractivity contribution is -0.137. The molecule has 4 atom stereocenters. The highest BCUT2D eigenvalue weighted by molar-refractivity contribution is 6.13. The van der Waals surface area contributed by atoms with Crippen molar-refractivity contribution in [3.63, 3.8) is 0 Å². The number of ether oxygens (including phenoxy) is 1. The van der Waals surface area contributed by atoms with Crippen LogP contribution in [0.25, 0.3) is 0 Å². The first kappa shape index (κ1) is 32.1. The molecule has 0 saturated heterocycles. The van der Waals surface area contributed by atoms with Crippen molar-refractivity contribution in [3.05, 3.63) is 81.4 Å². The van der Waals surface area contributed by atoms with Crippen molar-refractivity contribution in [1.29, 1.82) is 0 Å². The number of Topliss-reactive ketones (excluding diaryl/α,β-unsaturated/α-hetero) is 2. The fraction of sp³-hybridized carbons (Fsp3) is 0.514. The van der Waals surface area contributed by atoms with Gasteiger partial charge in [-0.05, 0) is 71.8 Å². The zero-order chi connectivity index (χ0) is 30.6. The van der Waals surface area contributed by atoms with Crippen molar-refractivity contribution >= 4 is 17.5 Å². The third-order valence-corrected chi connectivity index (χ3v) is 8.53. The summed E-state index contributed by atoms with van der Waals surface area (Å²) in [6, 6.07) is 8.90. The summed E-state index contributed by atoms with van der Waals surface area (Å²) in [5, 5.41) is 21.7. The summed E-state index contributed by atoms with van der Waals surface area (Å²) < 4.78 is 6.46. The average molecular weight is 563 g/mol. The molecule has 2 aliphatic rings. The highest BCUT2D eigenvalue weighted by Gasteiger charge is 2.56. The fourth-order valence-corrected chi connectivity index (χ4v) is 5.79. The number of aliphatic hydroxyl groups excluding tert-OH is 1. The quantitative estimate of drug-likeness (QED) is 0.265. The van der Waals surface area contributed by atoms with Gasteiger partial charge < -0.3 is 14.9 Å². The Bertz CT molecular complexity index is 1300. The molecule has 1 aromatic carbocycles. The van der Waals surface area contributed by atoms with E-state index in [0.29, 0.717) is 17.9 Å². The van der Waals surface area contributed by atoms with Crippen LogP contribution in [0, 0.1) is 17.3 Å². The standard InChI is InChI=1S/C35H46O6/c1-20(2)14-15-26(22(5)6)19-35(17-16-21(3)4)33(40)29(27(18-28(36)37)25-12-10-9-11-13-25)32(39)30-31(38)23(7)24(8)41-34(30)35/h9-13,16,20,23-24,27,39H,14-15,17-19H2,1-8H3,(H,36,37). The lowest BCUT2D eigenvalue weighted by Crippen LogP contribution is -2.47. The molecular formula is C35H46O6. The molecule has 0 saturated carbocycles. The van der Waals surface area contributed by atoms with Crippen molar-refractivity contribution in [2.24, 2.45) is 17.3 Å². The Hall–Kier alpha value is -3.41. The summed E-state index contributed by atoms with van der Waals surface area (Å²) >= 11 is 0. The van der Waals surface area contributed by atoms with Crippen LogP contribution in [0.1, 0.15) is 99.0 Å². The molecule has 4 unspecified atom stereocenters. The zero-order valence-corrected chi connectivity index (χ0v) is 25.8. The van der Waals surface area contributed by atoms with E-state index in [2.05, 4.69) is 13.8 Å². The molecule has 0 fully saturated rings. The van der Waals surface area contributed by atoms with Gasteiger partial charge in [-0.3, -0.25) is 14.4 Å². The summed E-state index contributed by atoms with van der Waals surface area (Å²) in [5.74, 6) is -3.00. The SMILES string of the molecule is CC(C)=CCC1(CC(CCC(C)C)=C(C)C)C(=O)C(C(CC(=O)O)c2ccccc2)=C(O)C2=C1OC(C)C(C)C2=O. The van der Waals surface area contributed by atoms with E-state index >= 15 is 4.79 Å². The molecule has 0 spiro atoms. The van der Waals surface area contributed by atoms with E-state index in [0.717, 1.165) is 29.6 Å². The number of hydrogen-bond donors (Lipinski definition) is 2. The molecule has 0 radical (unpaired) electrons. The number of rotatable bonds is 11. The van der Waals surface area contributed by atoms with Crippen LogP contribution in [0.4, 0.5) is 0 Å². The highest BCUT2D eigenvalue weighted by atomic mass is 16.5. The van der Waals surface area contributed by atoms with Crippen LogP contribution in [0.2, 0.25) is 0 Å². The van der Waals surface area contributed by atoms with E-state index in [4.69, 9.17) is 4.74 Å². The summed E-state index contributed by atoms with van der Waals surface area (Å²) in [6.07, 6.45) is 3.42. The molecule has 0 aromatic heterocycles. The smallest absolute Gasteiger partial charge is 0.304 e. The molecule has 6 heteroatoms. The maximum absolute atomic E-state index is 15.0. The van der Waals surface area contributed by atoms with Crippen molar-refractivity contribution < 1.29 is 29.3 Å². The molecule has 6 nitrogen and oxygen atoms in total. The lowest BCUT2D eigenvalue weighted by atomic mass is 9.62.